The summed E-state index contributed by atoms with van der Waals surface area (Å²) < 4.78 is 22.5. The van der Waals surface area contributed by atoms with E-state index >= 15 is 0 Å². The van der Waals surface area contributed by atoms with Gasteiger partial charge in [-0.3, -0.25) is 4.79 Å². The van der Waals surface area contributed by atoms with Gasteiger partial charge in [0.15, 0.2) is 0 Å². The van der Waals surface area contributed by atoms with Crippen molar-refractivity contribution in [3.8, 4) is 11.8 Å². The quantitative estimate of drug-likeness (QED) is 0.404. The number of carbonyl (C=O) groups is 1. The van der Waals surface area contributed by atoms with Gasteiger partial charge >= 0.3 is 5.97 Å². The van der Waals surface area contributed by atoms with E-state index in [9.17, 15) is 23.4 Å². The molecule has 0 saturated carbocycles. The first-order valence-electron chi connectivity index (χ1n) is 7.63. The van der Waals surface area contributed by atoms with E-state index in [-0.39, 0.29) is 11.6 Å². The zero-order valence-electron chi connectivity index (χ0n) is 13.6. The molecule has 2 heterocycles. The van der Waals surface area contributed by atoms with Crippen molar-refractivity contribution in [2.24, 2.45) is 0 Å². The number of nitrogens with zero attached hydrogens (tertiary/aromatic N) is 3. The third-order valence-corrected chi connectivity index (χ3v) is 4.23. The molecule has 0 spiro atoms. The Kier molecular flexibility index (Phi) is 6.44. The second-order valence-electron chi connectivity index (χ2n) is 5.54. The standard InChI is InChI=1S/C15H19N3O6S/c1-25(22,23)15-16-9-11(10-17-15)5-3-2-4-6-14(21)24-18-12(19)7-8-13(18)20/h9-10,12-13,19-20H,2,4,6-8H2,1H3. The van der Waals surface area contributed by atoms with Crippen LogP contribution in [0.25, 0.3) is 0 Å². The van der Waals surface area contributed by atoms with E-state index in [2.05, 4.69) is 21.8 Å². The number of carbonyl (C=O) groups excluding carboxylic acids is 1. The summed E-state index contributed by atoms with van der Waals surface area (Å²) in [5, 5.41) is 19.7. The predicted molar refractivity (Wildman–Crippen MR) is 85.0 cm³/mol. The molecular weight excluding hydrogens is 350 g/mol. The molecule has 0 radical (unpaired) electrons. The van der Waals surface area contributed by atoms with E-state index in [0.717, 1.165) is 11.3 Å². The van der Waals surface area contributed by atoms with Crippen LogP contribution in [0.5, 0.6) is 0 Å². The normalized spacial score (nSPS) is 20.8. The van der Waals surface area contributed by atoms with Gasteiger partial charge in [0, 0.05) is 31.5 Å². The number of aromatic nitrogens is 2. The third kappa shape index (κ3) is 5.75. The number of sulfone groups is 1. The van der Waals surface area contributed by atoms with Gasteiger partial charge in [0.05, 0.1) is 5.56 Å². The van der Waals surface area contributed by atoms with E-state index in [0.29, 0.717) is 31.2 Å². The summed E-state index contributed by atoms with van der Waals surface area (Å²) in [4.78, 5) is 24.0. The van der Waals surface area contributed by atoms with Crippen LogP contribution < -0.4 is 0 Å². The van der Waals surface area contributed by atoms with Crippen molar-refractivity contribution < 1.29 is 28.3 Å². The Labute approximate surface area is 145 Å². The molecule has 2 rings (SSSR count). The molecule has 1 aliphatic rings. The second kappa shape index (κ2) is 8.35. The summed E-state index contributed by atoms with van der Waals surface area (Å²) in [6, 6.07) is 0. The fraction of sp³-hybridized carbons (Fsp3) is 0.533. The Morgan fingerprint density at radius 1 is 1.32 bits per heavy atom. The predicted octanol–water partition coefficient (Wildman–Crippen LogP) is -0.407. The van der Waals surface area contributed by atoms with Crippen LogP contribution in [-0.2, 0) is 19.5 Å². The molecular formula is C15H19N3O6S. The molecule has 1 aliphatic heterocycles. The Bertz CT molecular complexity index is 759. The average molecular weight is 369 g/mol. The maximum atomic E-state index is 11.6. The Morgan fingerprint density at radius 3 is 2.48 bits per heavy atom. The highest BCUT2D eigenvalue weighted by molar-refractivity contribution is 7.90. The zero-order chi connectivity index (χ0) is 18.4. The first-order valence-corrected chi connectivity index (χ1v) is 9.53. The van der Waals surface area contributed by atoms with Gasteiger partial charge in [0.2, 0.25) is 15.0 Å². The van der Waals surface area contributed by atoms with Gasteiger partial charge in [-0.25, -0.2) is 18.4 Å². The molecule has 0 aromatic carbocycles. The fourth-order valence-electron chi connectivity index (χ4n) is 2.09. The maximum Gasteiger partial charge on any atom is 0.325 e. The summed E-state index contributed by atoms with van der Waals surface area (Å²) in [7, 11) is -3.44. The van der Waals surface area contributed by atoms with Crippen LogP contribution in [0.2, 0.25) is 0 Å². The highest BCUT2D eigenvalue weighted by Crippen LogP contribution is 2.21. The highest BCUT2D eigenvalue weighted by atomic mass is 32.2. The fourth-order valence-corrected chi connectivity index (χ4v) is 2.58. The van der Waals surface area contributed by atoms with Crippen LogP contribution in [-0.4, -0.2) is 58.3 Å². The molecule has 25 heavy (non-hydrogen) atoms. The lowest BCUT2D eigenvalue weighted by molar-refractivity contribution is -0.261. The summed E-state index contributed by atoms with van der Waals surface area (Å²) >= 11 is 0. The molecule has 9 nitrogen and oxygen atoms in total. The summed E-state index contributed by atoms with van der Waals surface area (Å²) in [5.41, 5.74) is 0.471. The van der Waals surface area contributed by atoms with Gasteiger partial charge < -0.3 is 15.1 Å². The van der Waals surface area contributed by atoms with Crippen molar-refractivity contribution in [1.82, 2.24) is 15.0 Å². The summed E-state index contributed by atoms with van der Waals surface area (Å²) in [6.07, 6.45) is 3.34. The van der Waals surface area contributed by atoms with Crippen molar-refractivity contribution in [3.05, 3.63) is 18.0 Å². The highest BCUT2D eigenvalue weighted by Gasteiger charge is 2.33. The van der Waals surface area contributed by atoms with Crippen LogP contribution in [0, 0.1) is 11.8 Å². The minimum absolute atomic E-state index is 0.0914. The number of rotatable bonds is 5. The molecule has 10 heteroatoms. The van der Waals surface area contributed by atoms with Crippen LogP contribution in [0.4, 0.5) is 0 Å². The molecule has 0 bridgehead atoms. The zero-order valence-corrected chi connectivity index (χ0v) is 14.4. The number of hydrogen-bond acceptors (Lipinski definition) is 9. The van der Waals surface area contributed by atoms with Crippen LogP contribution in [0.3, 0.4) is 0 Å². The smallest absolute Gasteiger partial charge is 0.325 e. The van der Waals surface area contributed by atoms with E-state index in [4.69, 9.17) is 4.84 Å². The number of aliphatic hydroxyl groups is 2. The monoisotopic (exact) mass is 369 g/mol. The SMILES string of the molecule is CS(=O)(=O)c1ncc(C#CCCCC(=O)ON2C(O)CCC2O)cn1. The maximum absolute atomic E-state index is 11.6. The Balaban J connectivity index is 1.74. The van der Waals surface area contributed by atoms with Crippen molar-refractivity contribution in [2.45, 2.75) is 49.7 Å². The van der Waals surface area contributed by atoms with Gasteiger partial charge in [-0.05, 0) is 19.3 Å². The molecule has 2 unspecified atom stereocenters. The lowest BCUT2D eigenvalue weighted by Crippen LogP contribution is -2.37. The van der Waals surface area contributed by atoms with Crippen LogP contribution >= 0.6 is 0 Å². The molecule has 1 aromatic heterocycles. The topological polar surface area (TPSA) is 130 Å². The minimum atomic E-state index is -3.44. The Morgan fingerprint density at radius 2 is 1.92 bits per heavy atom. The van der Waals surface area contributed by atoms with Crippen molar-refractivity contribution in [2.75, 3.05) is 6.26 Å². The molecule has 2 N–H and O–H groups in total. The lowest BCUT2D eigenvalue weighted by Gasteiger charge is -2.21. The lowest BCUT2D eigenvalue weighted by atomic mass is 10.2. The van der Waals surface area contributed by atoms with E-state index in [1.807, 2.05) is 0 Å². The molecule has 1 aromatic rings. The van der Waals surface area contributed by atoms with E-state index in [1.54, 1.807) is 0 Å². The molecule has 1 saturated heterocycles. The van der Waals surface area contributed by atoms with Crippen LogP contribution in [0.15, 0.2) is 17.6 Å². The largest absolute Gasteiger partial charge is 0.375 e. The molecule has 2 atom stereocenters. The second-order valence-corrected chi connectivity index (χ2v) is 7.45. The molecule has 1 fully saturated rings. The molecule has 136 valence electrons. The minimum Gasteiger partial charge on any atom is -0.375 e. The van der Waals surface area contributed by atoms with E-state index in [1.165, 1.54) is 12.4 Å². The number of hydroxylamine groups is 2. The van der Waals surface area contributed by atoms with Gasteiger partial charge in [0.25, 0.3) is 0 Å². The van der Waals surface area contributed by atoms with E-state index < -0.39 is 28.3 Å². The average Bonchev–Trinajstić information content (AvgIpc) is 2.86. The first-order chi connectivity index (χ1) is 11.8. The van der Waals surface area contributed by atoms with Crippen molar-refractivity contribution in [3.63, 3.8) is 0 Å². The number of hydrogen-bond donors (Lipinski definition) is 2. The van der Waals surface area contributed by atoms with Gasteiger partial charge in [-0.1, -0.05) is 16.9 Å². The van der Waals surface area contributed by atoms with Gasteiger partial charge in [0.1, 0.15) is 12.5 Å². The number of aliphatic hydroxyl groups excluding tert-OH is 2. The van der Waals surface area contributed by atoms with Crippen molar-refractivity contribution >= 4 is 15.8 Å². The first kappa shape index (κ1) is 19.3. The summed E-state index contributed by atoms with van der Waals surface area (Å²) in [5.74, 6) is 5.05. The Hall–Kier alpha value is -2.06. The third-order valence-electron chi connectivity index (χ3n) is 3.35. The van der Waals surface area contributed by atoms with Crippen LogP contribution in [0.1, 0.15) is 37.7 Å². The van der Waals surface area contributed by atoms with Gasteiger partial charge in [-0.2, -0.15) is 0 Å². The van der Waals surface area contributed by atoms with Crippen molar-refractivity contribution in [1.29, 1.82) is 0 Å². The van der Waals surface area contributed by atoms with Gasteiger partial charge in [-0.15, -0.1) is 0 Å². The molecule has 0 amide bonds. The summed E-state index contributed by atoms with van der Waals surface area (Å²) in [6.45, 7) is 0. The number of unbranched alkanes of at least 4 members (excludes halogenated alkanes) is 1. The molecule has 0 aliphatic carbocycles.